The van der Waals surface area contributed by atoms with Gasteiger partial charge in [-0.15, -0.1) is 0 Å². The first-order chi connectivity index (χ1) is 15.5. The summed E-state index contributed by atoms with van der Waals surface area (Å²) in [7, 11) is 0. The fourth-order valence-corrected chi connectivity index (χ4v) is 3.20. The first-order valence-corrected chi connectivity index (χ1v) is 9.81. The molecule has 0 aliphatic carbocycles. The zero-order valence-corrected chi connectivity index (χ0v) is 17.2. The number of aromatic nitrogens is 2. The second-order valence-corrected chi connectivity index (χ2v) is 7.09. The van der Waals surface area contributed by atoms with E-state index in [1.54, 1.807) is 4.68 Å². The zero-order valence-electron chi connectivity index (χ0n) is 17.2. The molecule has 8 nitrogen and oxygen atoms in total. The highest BCUT2D eigenvalue weighted by atomic mass is 16.6. The van der Waals surface area contributed by atoms with Crippen molar-refractivity contribution in [3.63, 3.8) is 0 Å². The summed E-state index contributed by atoms with van der Waals surface area (Å²) in [6.07, 6.45) is 3.34. The van der Waals surface area contributed by atoms with Gasteiger partial charge in [0, 0.05) is 35.0 Å². The van der Waals surface area contributed by atoms with Gasteiger partial charge in [0.2, 0.25) is 0 Å². The molecule has 0 saturated carbocycles. The topological polar surface area (TPSA) is 102 Å². The first kappa shape index (κ1) is 20.7. The minimum atomic E-state index is -0.549. The summed E-state index contributed by atoms with van der Waals surface area (Å²) in [5.41, 5.74) is 6.74. The number of benzene rings is 3. The SMILES string of the molecule is Cc1cccc(-c2nn(-c3ccccc3)cc2C=NNC(=O)c2cccc([N+](=O)[O-])c2)c1. The Morgan fingerprint density at radius 2 is 1.84 bits per heavy atom. The highest BCUT2D eigenvalue weighted by Gasteiger charge is 2.13. The third-order valence-electron chi connectivity index (χ3n) is 4.74. The van der Waals surface area contributed by atoms with Crippen LogP contribution >= 0.6 is 0 Å². The van der Waals surface area contributed by atoms with Crippen molar-refractivity contribution in [1.82, 2.24) is 15.2 Å². The van der Waals surface area contributed by atoms with Gasteiger partial charge in [-0.2, -0.15) is 10.2 Å². The van der Waals surface area contributed by atoms with Crippen molar-refractivity contribution in [3.05, 3.63) is 112 Å². The molecule has 0 saturated heterocycles. The first-order valence-electron chi connectivity index (χ1n) is 9.81. The van der Waals surface area contributed by atoms with Gasteiger partial charge < -0.3 is 0 Å². The van der Waals surface area contributed by atoms with Crippen LogP contribution in [-0.4, -0.2) is 26.8 Å². The van der Waals surface area contributed by atoms with E-state index in [0.29, 0.717) is 11.3 Å². The number of para-hydroxylation sites is 1. The standard InChI is InChI=1S/C24H19N5O3/c1-17-7-5-8-18(13-17)23-20(16-28(27-23)21-10-3-2-4-11-21)15-25-26-24(30)19-9-6-12-22(14-19)29(31)32/h2-16H,1H3,(H,26,30). The molecule has 1 heterocycles. The van der Waals surface area contributed by atoms with Crippen molar-refractivity contribution in [3.8, 4) is 16.9 Å². The maximum Gasteiger partial charge on any atom is 0.271 e. The number of hydrogen-bond donors (Lipinski definition) is 1. The maximum atomic E-state index is 12.4. The monoisotopic (exact) mass is 425 g/mol. The van der Waals surface area contributed by atoms with Crippen LogP contribution in [-0.2, 0) is 0 Å². The van der Waals surface area contributed by atoms with Gasteiger partial charge >= 0.3 is 0 Å². The molecular formula is C24H19N5O3. The molecule has 8 heteroatoms. The molecule has 0 fully saturated rings. The molecule has 0 aliphatic heterocycles. The van der Waals surface area contributed by atoms with E-state index >= 15 is 0 Å². The van der Waals surface area contributed by atoms with Crippen molar-refractivity contribution in [2.45, 2.75) is 6.92 Å². The average molecular weight is 425 g/mol. The summed E-state index contributed by atoms with van der Waals surface area (Å²) in [4.78, 5) is 22.7. The summed E-state index contributed by atoms with van der Waals surface area (Å²) in [5, 5.41) is 19.7. The molecule has 0 bridgehead atoms. The van der Waals surface area contributed by atoms with E-state index in [4.69, 9.17) is 5.10 Å². The molecule has 1 amide bonds. The van der Waals surface area contributed by atoms with E-state index in [9.17, 15) is 14.9 Å². The van der Waals surface area contributed by atoms with E-state index in [2.05, 4.69) is 10.5 Å². The van der Waals surface area contributed by atoms with Crippen LogP contribution < -0.4 is 5.43 Å². The van der Waals surface area contributed by atoms with Crippen LogP contribution in [0.4, 0.5) is 5.69 Å². The molecule has 1 aromatic heterocycles. The normalized spacial score (nSPS) is 10.9. The Hall–Kier alpha value is -4.59. The van der Waals surface area contributed by atoms with E-state index in [0.717, 1.165) is 16.8 Å². The number of carbonyl (C=O) groups excluding carboxylic acids is 1. The molecule has 0 spiro atoms. The van der Waals surface area contributed by atoms with Gasteiger partial charge in [-0.25, -0.2) is 10.1 Å². The van der Waals surface area contributed by atoms with E-state index < -0.39 is 10.8 Å². The number of amides is 1. The van der Waals surface area contributed by atoms with Crippen LogP contribution in [0.5, 0.6) is 0 Å². The van der Waals surface area contributed by atoms with Gasteiger partial charge in [-0.3, -0.25) is 14.9 Å². The molecule has 3 aromatic carbocycles. The Balaban J connectivity index is 1.63. The lowest BCUT2D eigenvalue weighted by Gasteiger charge is -2.02. The highest BCUT2D eigenvalue weighted by Crippen LogP contribution is 2.23. The number of nitrogens with zero attached hydrogens (tertiary/aromatic N) is 4. The van der Waals surface area contributed by atoms with Crippen LogP contribution in [0, 0.1) is 17.0 Å². The van der Waals surface area contributed by atoms with Crippen molar-refractivity contribution >= 4 is 17.8 Å². The van der Waals surface area contributed by atoms with Crippen molar-refractivity contribution < 1.29 is 9.72 Å². The molecule has 32 heavy (non-hydrogen) atoms. The Labute approximate surface area is 184 Å². The van der Waals surface area contributed by atoms with E-state index in [1.807, 2.05) is 67.7 Å². The highest BCUT2D eigenvalue weighted by molar-refractivity contribution is 5.96. The van der Waals surface area contributed by atoms with Gasteiger partial charge in [0.25, 0.3) is 11.6 Å². The lowest BCUT2D eigenvalue weighted by Crippen LogP contribution is -2.17. The van der Waals surface area contributed by atoms with Gasteiger partial charge in [0.15, 0.2) is 0 Å². The molecule has 0 atom stereocenters. The zero-order chi connectivity index (χ0) is 22.5. The molecular weight excluding hydrogens is 406 g/mol. The quantitative estimate of drug-likeness (QED) is 0.279. The molecule has 1 N–H and O–H groups in total. The Morgan fingerprint density at radius 1 is 1.06 bits per heavy atom. The number of hydrogen-bond acceptors (Lipinski definition) is 5. The number of carbonyl (C=O) groups is 1. The summed E-state index contributed by atoms with van der Waals surface area (Å²) in [6.45, 7) is 2.00. The van der Waals surface area contributed by atoms with Crippen LogP contribution in [0.1, 0.15) is 21.5 Å². The van der Waals surface area contributed by atoms with E-state index in [1.165, 1.54) is 30.5 Å². The second kappa shape index (κ2) is 9.05. The van der Waals surface area contributed by atoms with Crippen LogP contribution in [0.3, 0.4) is 0 Å². The summed E-state index contributed by atoms with van der Waals surface area (Å²) < 4.78 is 1.75. The fraction of sp³-hybridized carbons (Fsp3) is 0.0417. The molecule has 0 aliphatic rings. The smallest absolute Gasteiger partial charge is 0.267 e. The van der Waals surface area contributed by atoms with Gasteiger partial charge in [0.05, 0.1) is 16.8 Å². The summed E-state index contributed by atoms with van der Waals surface area (Å²) in [5.74, 6) is -0.544. The van der Waals surface area contributed by atoms with Crippen molar-refractivity contribution in [2.24, 2.45) is 5.10 Å². The largest absolute Gasteiger partial charge is 0.271 e. The van der Waals surface area contributed by atoms with Crippen molar-refractivity contribution in [1.29, 1.82) is 0 Å². The minimum absolute atomic E-state index is 0.148. The van der Waals surface area contributed by atoms with Crippen LogP contribution in [0.15, 0.2) is 90.2 Å². The predicted molar refractivity (Wildman–Crippen MR) is 122 cm³/mol. The lowest BCUT2D eigenvalue weighted by atomic mass is 10.1. The molecule has 4 rings (SSSR count). The predicted octanol–water partition coefficient (Wildman–Crippen LogP) is 4.52. The molecule has 158 valence electrons. The minimum Gasteiger partial charge on any atom is -0.267 e. The number of hydrazone groups is 1. The fourth-order valence-electron chi connectivity index (χ4n) is 3.20. The third-order valence-corrected chi connectivity index (χ3v) is 4.74. The third kappa shape index (κ3) is 4.59. The summed E-state index contributed by atoms with van der Waals surface area (Å²) in [6, 6.07) is 23.1. The lowest BCUT2D eigenvalue weighted by molar-refractivity contribution is -0.384. The molecule has 0 unspecified atom stereocenters. The van der Waals surface area contributed by atoms with Crippen LogP contribution in [0.25, 0.3) is 16.9 Å². The van der Waals surface area contributed by atoms with Gasteiger partial charge in [-0.1, -0.05) is 48.0 Å². The number of rotatable bonds is 6. The Kier molecular flexibility index (Phi) is 5.85. The molecule has 4 aromatic rings. The summed E-state index contributed by atoms with van der Waals surface area (Å²) >= 11 is 0. The number of nitro benzene ring substituents is 1. The second-order valence-electron chi connectivity index (χ2n) is 7.09. The average Bonchev–Trinajstić information content (AvgIpc) is 3.24. The van der Waals surface area contributed by atoms with Gasteiger partial charge in [-0.05, 0) is 31.2 Å². The Bertz CT molecular complexity index is 1310. The number of non-ortho nitro benzene ring substituents is 1. The number of nitro groups is 1. The van der Waals surface area contributed by atoms with E-state index in [-0.39, 0.29) is 11.3 Å². The number of nitrogens with one attached hydrogen (secondary N) is 1. The molecule has 0 radical (unpaired) electrons. The van der Waals surface area contributed by atoms with Gasteiger partial charge in [0.1, 0.15) is 5.69 Å². The number of aryl methyl sites for hydroxylation is 1. The van der Waals surface area contributed by atoms with Crippen molar-refractivity contribution in [2.75, 3.05) is 0 Å². The van der Waals surface area contributed by atoms with Crippen LogP contribution in [0.2, 0.25) is 0 Å². The Morgan fingerprint density at radius 3 is 2.59 bits per heavy atom. The maximum absolute atomic E-state index is 12.4.